The van der Waals surface area contributed by atoms with E-state index in [1.54, 1.807) is 24.1 Å². The highest BCUT2D eigenvalue weighted by Gasteiger charge is 2.38. The van der Waals surface area contributed by atoms with Gasteiger partial charge in [0.1, 0.15) is 16.7 Å². The van der Waals surface area contributed by atoms with Crippen LogP contribution in [0.15, 0.2) is 53.5 Å². The highest BCUT2D eigenvalue weighted by Crippen LogP contribution is 2.34. The first kappa shape index (κ1) is 21.4. The molecule has 2 N–H and O–H groups in total. The van der Waals surface area contributed by atoms with E-state index >= 15 is 0 Å². The number of carbonyl (C=O) groups is 3. The molecule has 2 aromatic carbocycles. The minimum atomic E-state index is -1.04. The van der Waals surface area contributed by atoms with Crippen LogP contribution in [0.1, 0.15) is 23.7 Å². The molecule has 156 valence electrons. The van der Waals surface area contributed by atoms with Gasteiger partial charge >= 0.3 is 5.97 Å². The molecule has 3 rings (SSSR count). The Morgan fingerprint density at radius 2 is 1.90 bits per heavy atom. The maximum atomic E-state index is 12.7. The highest BCUT2D eigenvalue weighted by atomic mass is 32.2. The summed E-state index contributed by atoms with van der Waals surface area (Å²) in [5, 5.41) is 11.6. The number of carboxylic acid groups (broad SMARTS) is 1. The van der Waals surface area contributed by atoms with Crippen molar-refractivity contribution in [1.29, 1.82) is 0 Å². The largest absolute Gasteiger partial charge is 0.494 e. The van der Waals surface area contributed by atoms with Crippen LogP contribution in [0.2, 0.25) is 0 Å². The number of aliphatic imine (C=N–C) groups is 1. The number of nitrogens with one attached hydrogen (secondary N) is 1. The number of anilines is 1. The summed E-state index contributed by atoms with van der Waals surface area (Å²) in [5.74, 6) is -0.950. The zero-order valence-corrected chi connectivity index (χ0v) is 17.3. The Hall–Kier alpha value is -3.33. The van der Waals surface area contributed by atoms with Gasteiger partial charge in [0.05, 0.1) is 12.7 Å². The molecule has 1 saturated heterocycles. The lowest BCUT2D eigenvalue weighted by molar-refractivity contribution is -0.128. The summed E-state index contributed by atoms with van der Waals surface area (Å²) >= 11 is 1.24. The van der Waals surface area contributed by atoms with Crippen LogP contribution in [-0.2, 0) is 9.59 Å². The summed E-state index contributed by atoms with van der Waals surface area (Å²) in [6, 6.07) is 13.1. The lowest BCUT2D eigenvalue weighted by Crippen LogP contribution is -2.33. The molecule has 0 bridgehead atoms. The molecule has 0 spiro atoms. The first-order valence-corrected chi connectivity index (χ1v) is 10.1. The molecular formula is C21H21N3O5S. The number of ether oxygens (including phenoxy) is 1. The molecule has 9 heteroatoms. The van der Waals surface area contributed by atoms with Gasteiger partial charge in [0.15, 0.2) is 5.17 Å². The molecule has 0 saturated carbocycles. The Morgan fingerprint density at radius 3 is 2.53 bits per heavy atom. The number of hydrogen-bond donors (Lipinski definition) is 2. The number of aromatic carboxylic acids is 1. The standard InChI is InChI=1S/C21H21N3O5S/c1-3-24-19(26)17(30-21(24)23-15-6-4-5-7-16(15)29-2)12-18(25)22-14-10-8-13(9-11-14)20(27)28/h4-11,17H,3,12H2,1-2H3,(H,22,25)(H,27,28)/t17-/m1/s1. The molecule has 30 heavy (non-hydrogen) atoms. The third-order valence-electron chi connectivity index (χ3n) is 4.42. The fraction of sp³-hybridized carbons (Fsp3) is 0.238. The molecule has 1 heterocycles. The van der Waals surface area contributed by atoms with Gasteiger partial charge in [0.2, 0.25) is 11.8 Å². The van der Waals surface area contributed by atoms with Crippen LogP contribution in [0, 0.1) is 0 Å². The predicted octanol–water partition coefficient (Wildman–Crippen LogP) is 3.37. The van der Waals surface area contributed by atoms with Gasteiger partial charge in [0, 0.05) is 18.7 Å². The van der Waals surface area contributed by atoms with Crippen molar-refractivity contribution in [3.63, 3.8) is 0 Å². The van der Waals surface area contributed by atoms with Crippen LogP contribution in [0.5, 0.6) is 5.75 Å². The van der Waals surface area contributed by atoms with Crippen LogP contribution in [-0.4, -0.2) is 51.9 Å². The van der Waals surface area contributed by atoms with Gasteiger partial charge in [-0.2, -0.15) is 0 Å². The first-order chi connectivity index (χ1) is 14.4. The van der Waals surface area contributed by atoms with Crippen molar-refractivity contribution in [2.24, 2.45) is 4.99 Å². The Labute approximate surface area is 177 Å². The molecule has 1 atom stereocenters. The lowest BCUT2D eigenvalue weighted by Gasteiger charge is -2.14. The fourth-order valence-electron chi connectivity index (χ4n) is 2.92. The van der Waals surface area contributed by atoms with E-state index in [1.165, 1.54) is 36.0 Å². The number of nitrogens with zero attached hydrogens (tertiary/aromatic N) is 2. The second kappa shape index (κ2) is 9.45. The number of methoxy groups -OCH3 is 1. The molecule has 2 amide bonds. The number of amidine groups is 1. The predicted molar refractivity (Wildman–Crippen MR) is 116 cm³/mol. The minimum Gasteiger partial charge on any atom is -0.494 e. The summed E-state index contributed by atoms with van der Waals surface area (Å²) in [6.45, 7) is 2.29. The van der Waals surface area contributed by atoms with Crippen molar-refractivity contribution in [3.05, 3.63) is 54.1 Å². The lowest BCUT2D eigenvalue weighted by atomic mass is 10.2. The third kappa shape index (κ3) is 4.80. The Morgan fingerprint density at radius 1 is 1.20 bits per heavy atom. The molecule has 8 nitrogen and oxygen atoms in total. The van der Waals surface area contributed by atoms with Crippen molar-refractivity contribution in [2.45, 2.75) is 18.6 Å². The second-order valence-corrected chi connectivity index (χ2v) is 7.56. The van der Waals surface area contributed by atoms with Gasteiger partial charge in [-0.05, 0) is 43.3 Å². The molecule has 2 aromatic rings. The molecule has 1 aliphatic heterocycles. The van der Waals surface area contributed by atoms with Crippen molar-refractivity contribution in [3.8, 4) is 5.75 Å². The second-order valence-electron chi connectivity index (χ2n) is 6.39. The SMILES string of the molecule is CCN1C(=O)[C@@H](CC(=O)Nc2ccc(C(=O)O)cc2)SC1=Nc1ccccc1OC. The Kier molecular flexibility index (Phi) is 6.73. The molecule has 1 aliphatic rings. The monoisotopic (exact) mass is 427 g/mol. The van der Waals surface area contributed by atoms with E-state index in [4.69, 9.17) is 9.84 Å². The van der Waals surface area contributed by atoms with E-state index in [0.717, 1.165) is 0 Å². The number of benzene rings is 2. The number of para-hydroxylation sites is 2. The maximum absolute atomic E-state index is 12.7. The smallest absolute Gasteiger partial charge is 0.335 e. The van der Waals surface area contributed by atoms with Crippen LogP contribution in [0.25, 0.3) is 0 Å². The minimum absolute atomic E-state index is 0.0222. The number of amides is 2. The highest BCUT2D eigenvalue weighted by molar-refractivity contribution is 8.15. The number of carboxylic acids is 1. The van der Waals surface area contributed by atoms with Crippen molar-refractivity contribution in [1.82, 2.24) is 4.90 Å². The number of hydrogen-bond acceptors (Lipinski definition) is 6. The average molecular weight is 427 g/mol. The fourth-order valence-corrected chi connectivity index (χ4v) is 4.13. The molecule has 0 aromatic heterocycles. The van der Waals surface area contributed by atoms with E-state index < -0.39 is 11.2 Å². The van der Waals surface area contributed by atoms with Gasteiger partial charge in [-0.3, -0.25) is 14.5 Å². The number of thioether (sulfide) groups is 1. The van der Waals surface area contributed by atoms with Gasteiger partial charge < -0.3 is 15.2 Å². The van der Waals surface area contributed by atoms with E-state index in [9.17, 15) is 14.4 Å². The third-order valence-corrected chi connectivity index (χ3v) is 5.60. The van der Waals surface area contributed by atoms with Crippen LogP contribution in [0.4, 0.5) is 11.4 Å². The van der Waals surface area contributed by atoms with Gasteiger partial charge in [-0.25, -0.2) is 9.79 Å². The van der Waals surface area contributed by atoms with Crippen LogP contribution in [0.3, 0.4) is 0 Å². The summed E-state index contributed by atoms with van der Waals surface area (Å²) in [4.78, 5) is 42.2. The summed E-state index contributed by atoms with van der Waals surface area (Å²) in [5.41, 5.74) is 1.21. The van der Waals surface area contributed by atoms with Crippen molar-refractivity contribution >= 4 is 46.1 Å². The molecule has 0 radical (unpaired) electrons. The normalized spacial score (nSPS) is 17.3. The summed E-state index contributed by atoms with van der Waals surface area (Å²) in [7, 11) is 1.56. The van der Waals surface area contributed by atoms with E-state index in [-0.39, 0.29) is 23.8 Å². The van der Waals surface area contributed by atoms with Crippen molar-refractivity contribution < 1.29 is 24.2 Å². The zero-order valence-electron chi connectivity index (χ0n) is 16.5. The van der Waals surface area contributed by atoms with E-state index in [0.29, 0.717) is 28.8 Å². The quantitative estimate of drug-likeness (QED) is 0.701. The molecule has 0 aliphatic carbocycles. The first-order valence-electron chi connectivity index (χ1n) is 9.26. The van der Waals surface area contributed by atoms with E-state index in [2.05, 4.69) is 10.3 Å². The Balaban J connectivity index is 1.70. The molecule has 1 fully saturated rings. The molecule has 0 unspecified atom stereocenters. The van der Waals surface area contributed by atoms with Gasteiger partial charge in [0.25, 0.3) is 0 Å². The summed E-state index contributed by atoms with van der Waals surface area (Å²) < 4.78 is 5.31. The number of rotatable bonds is 7. The average Bonchev–Trinajstić information content (AvgIpc) is 3.02. The van der Waals surface area contributed by atoms with Gasteiger partial charge in [-0.15, -0.1) is 0 Å². The van der Waals surface area contributed by atoms with Crippen molar-refractivity contribution in [2.75, 3.05) is 19.0 Å². The topological polar surface area (TPSA) is 108 Å². The maximum Gasteiger partial charge on any atom is 0.335 e. The Bertz CT molecular complexity index is 990. The molecular weight excluding hydrogens is 406 g/mol. The zero-order chi connectivity index (χ0) is 21.7. The number of carbonyl (C=O) groups excluding carboxylic acids is 2. The van der Waals surface area contributed by atoms with Crippen LogP contribution >= 0.6 is 11.8 Å². The van der Waals surface area contributed by atoms with E-state index in [1.807, 2.05) is 19.1 Å². The summed E-state index contributed by atoms with van der Waals surface area (Å²) in [6.07, 6.45) is -0.0222. The van der Waals surface area contributed by atoms with Crippen LogP contribution < -0.4 is 10.1 Å². The van der Waals surface area contributed by atoms with Gasteiger partial charge in [-0.1, -0.05) is 23.9 Å².